The highest BCUT2D eigenvalue weighted by Gasteiger charge is 2.15. The van der Waals surface area contributed by atoms with Crippen LogP contribution in [-0.4, -0.2) is 31.2 Å². The maximum absolute atomic E-state index is 13.7. The normalized spacial score (nSPS) is 11.3. The van der Waals surface area contributed by atoms with E-state index in [4.69, 9.17) is 4.98 Å². The molecule has 2 N–H and O–H groups in total. The molecule has 0 spiro atoms. The number of benzene rings is 1. The molecule has 0 saturated heterocycles. The number of phenolic OH excluding ortho intramolecular Hbond substituents is 1. The Balaban J connectivity index is 1.68. The number of aromatic hydroxyl groups is 1. The van der Waals surface area contributed by atoms with Crippen molar-refractivity contribution in [3.8, 4) is 17.0 Å². The van der Waals surface area contributed by atoms with Crippen LogP contribution in [0.3, 0.4) is 0 Å². The molecule has 0 unspecified atom stereocenters. The van der Waals surface area contributed by atoms with Gasteiger partial charge in [0.05, 0.1) is 18.1 Å². The SMILES string of the molecule is CC(C)c1cnn2c(NCCc3ccc(O)cc3)cc(-c3cncc(F)c3)nc12. The number of phenols is 1. The van der Waals surface area contributed by atoms with Crippen molar-refractivity contribution >= 4 is 11.5 Å². The van der Waals surface area contributed by atoms with E-state index in [-0.39, 0.29) is 11.7 Å². The number of aromatic nitrogens is 4. The van der Waals surface area contributed by atoms with Crippen molar-refractivity contribution in [3.05, 3.63) is 71.9 Å². The van der Waals surface area contributed by atoms with Crippen LogP contribution in [0.25, 0.3) is 16.9 Å². The monoisotopic (exact) mass is 391 g/mol. The molecule has 29 heavy (non-hydrogen) atoms. The van der Waals surface area contributed by atoms with Gasteiger partial charge in [0, 0.05) is 29.9 Å². The van der Waals surface area contributed by atoms with Gasteiger partial charge in [0.1, 0.15) is 17.4 Å². The Morgan fingerprint density at radius 3 is 2.62 bits per heavy atom. The Hall–Kier alpha value is -3.48. The third-order valence-electron chi connectivity index (χ3n) is 4.78. The zero-order valence-corrected chi connectivity index (χ0v) is 16.3. The second-order valence-electron chi connectivity index (χ2n) is 7.25. The van der Waals surface area contributed by atoms with E-state index in [1.807, 2.05) is 24.4 Å². The van der Waals surface area contributed by atoms with Crippen LogP contribution < -0.4 is 5.32 Å². The summed E-state index contributed by atoms with van der Waals surface area (Å²) in [6.45, 7) is 4.85. The first-order chi connectivity index (χ1) is 14.0. The van der Waals surface area contributed by atoms with Crippen molar-refractivity contribution in [2.75, 3.05) is 11.9 Å². The molecule has 1 aromatic carbocycles. The number of halogens is 1. The van der Waals surface area contributed by atoms with Gasteiger partial charge in [-0.15, -0.1) is 0 Å². The van der Waals surface area contributed by atoms with E-state index in [1.54, 1.807) is 22.8 Å². The average Bonchev–Trinajstić information content (AvgIpc) is 3.14. The van der Waals surface area contributed by atoms with Gasteiger partial charge in [-0.05, 0) is 36.1 Å². The molecule has 3 heterocycles. The smallest absolute Gasteiger partial charge is 0.161 e. The minimum Gasteiger partial charge on any atom is -0.508 e. The molecule has 3 aromatic heterocycles. The van der Waals surface area contributed by atoms with E-state index in [1.165, 1.54) is 12.3 Å². The average molecular weight is 391 g/mol. The summed E-state index contributed by atoms with van der Waals surface area (Å²) >= 11 is 0. The van der Waals surface area contributed by atoms with Crippen molar-refractivity contribution in [1.82, 2.24) is 19.6 Å². The number of hydrogen-bond acceptors (Lipinski definition) is 5. The van der Waals surface area contributed by atoms with E-state index in [9.17, 15) is 9.50 Å². The van der Waals surface area contributed by atoms with Crippen molar-refractivity contribution in [2.45, 2.75) is 26.2 Å². The van der Waals surface area contributed by atoms with E-state index < -0.39 is 5.82 Å². The molecule has 0 bridgehead atoms. The molecule has 0 fully saturated rings. The maximum Gasteiger partial charge on any atom is 0.161 e. The molecule has 6 nitrogen and oxygen atoms in total. The minimum absolute atomic E-state index is 0.253. The fourth-order valence-electron chi connectivity index (χ4n) is 3.21. The lowest BCUT2D eigenvalue weighted by molar-refractivity contribution is 0.475. The highest BCUT2D eigenvalue weighted by molar-refractivity contribution is 5.67. The van der Waals surface area contributed by atoms with Gasteiger partial charge in [-0.25, -0.2) is 9.37 Å². The van der Waals surface area contributed by atoms with Crippen LogP contribution in [0.2, 0.25) is 0 Å². The molecule has 0 aliphatic heterocycles. The maximum atomic E-state index is 13.7. The van der Waals surface area contributed by atoms with Gasteiger partial charge < -0.3 is 10.4 Å². The third kappa shape index (κ3) is 4.03. The van der Waals surface area contributed by atoms with Gasteiger partial charge in [0.2, 0.25) is 0 Å². The number of pyridine rings is 1. The lowest BCUT2D eigenvalue weighted by Gasteiger charge is -2.12. The standard InChI is InChI=1S/C22H22FN5O/c1-14(2)19-13-26-28-21(25-8-7-15-3-5-18(29)6-4-15)10-20(27-22(19)28)16-9-17(23)12-24-11-16/h3-6,9-14,25,29H,7-8H2,1-2H3. The Bertz CT molecular complexity index is 1140. The minimum atomic E-state index is -0.399. The first-order valence-electron chi connectivity index (χ1n) is 9.52. The topological polar surface area (TPSA) is 75.3 Å². The Kier molecular flexibility index (Phi) is 5.12. The number of rotatable bonds is 6. The summed E-state index contributed by atoms with van der Waals surface area (Å²) < 4.78 is 15.5. The quantitative estimate of drug-likeness (QED) is 0.509. The molecule has 7 heteroatoms. The molecule has 4 aromatic rings. The molecule has 0 aliphatic rings. The zero-order valence-electron chi connectivity index (χ0n) is 16.3. The highest BCUT2D eigenvalue weighted by Crippen LogP contribution is 2.26. The number of nitrogens with one attached hydrogen (secondary N) is 1. The number of hydrogen-bond donors (Lipinski definition) is 2. The molecule has 0 radical (unpaired) electrons. The van der Waals surface area contributed by atoms with Gasteiger partial charge in [0.15, 0.2) is 5.65 Å². The summed E-state index contributed by atoms with van der Waals surface area (Å²) in [7, 11) is 0. The van der Waals surface area contributed by atoms with Gasteiger partial charge in [-0.3, -0.25) is 4.98 Å². The predicted octanol–water partition coefficient (Wildman–Crippen LogP) is 4.41. The van der Waals surface area contributed by atoms with Gasteiger partial charge in [-0.1, -0.05) is 26.0 Å². The number of nitrogens with zero attached hydrogens (tertiary/aromatic N) is 4. The summed E-state index contributed by atoms with van der Waals surface area (Å²) in [5.74, 6) is 0.887. The molecule has 0 amide bonds. The van der Waals surface area contributed by atoms with Crippen LogP contribution in [0.5, 0.6) is 5.75 Å². The van der Waals surface area contributed by atoms with Crippen molar-refractivity contribution < 1.29 is 9.50 Å². The second-order valence-corrected chi connectivity index (χ2v) is 7.25. The van der Waals surface area contributed by atoms with Crippen molar-refractivity contribution in [3.63, 3.8) is 0 Å². The van der Waals surface area contributed by atoms with E-state index in [2.05, 4.69) is 29.2 Å². The number of fused-ring (bicyclic) bond motifs is 1. The van der Waals surface area contributed by atoms with Crippen LogP contribution in [-0.2, 0) is 6.42 Å². The first-order valence-corrected chi connectivity index (χ1v) is 9.52. The van der Waals surface area contributed by atoms with Gasteiger partial charge >= 0.3 is 0 Å². The third-order valence-corrected chi connectivity index (χ3v) is 4.78. The van der Waals surface area contributed by atoms with Crippen LogP contribution in [0.4, 0.5) is 10.2 Å². The second kappa shape index (κ2) is 7.87. The Labute approximate surface area is 168 Å². The lowest BCUT2D eigenvalue weighted by atomic mass is 10.1. The van der Waals surface area contributed by atoms with Gasteiger partial charge in [-0.2, -0.15) is 9.61 Å². The zero-order chi connectivity index (χ0) is 20.4. The highest BCUT2D eigenvalue weighted by atomic mass is 19.1. The van der Waals surface area contributed by atoms with Crippen molar-refractivity contribution in [2.24, 2.45) is 0 Å². The Morgan fingerprint density at radius 2 is 1.90 bits per heavy atom. The Morgan fingerprint density at radius 1 is 1.10 bits per heavy atom. The summed E-state index contributed by atoms with van der Waals surface area (Å²) in [6.07, 6.45) is 5.38. The molecule has 0 aliphatic carbocycles. The fourth-order valence-corrected chi connectivity index (χ4v) is 3.21. The molecular formula is C22H22FN5O. The lowest BCUT2D eigenvalue weighted by Crippen LogP contribution is -2.10. The summed E-state index contributed by atoms with van der Waals surface area (Å²) in [5, 5.41) is 17.3. The molecule has 0 atom stereocenters. The molecule has 0 saturated carbocycles. The van der Waals surface area contributed by atoms with Crippen molar-refractivity contribution in [1.29, 1.82) is 0 Å². The van der Waals surface area contributed by atoms with Crippen LogP contribution in [0.1, 0.15) is 30.9 Å². The fraction of sp³-hybridized carbons (Fsp3) is 0.227. The molecular weight excluding hydrogens is 369 g/mol. The van der Waals surface area contributed by atoms with E-state index in [0.29, 0.717) is 17.8 Å². The first kappa shape index (κ1) is 18.9. The summed E-state index contributed by atoms with van der Waals surface area (Å²) in [5.41, 5.74) is 4.13. The largest absolute Gasteiger partial charge is 0.508 e. The molecule has 148 valence electrons. The van der Waals surface area contributed by atoms with Crippen LogP contribution in [0, 0.1) is 5.82 Å². The molecule has 4 rings (SSSR count). The van der Waals surface area contributed by atoms with Crippen LogP contribution >= 0.6 is 0 Å². The predicted molar refractivity (Wildman–Crippen MR) is 111 cm³/mol. The van der Waals surface area contributed by atoms with Crippen LogP contribution in [0.15, 0.2) is 55.0 Å². The number of anilines is 1. The summed E-state index contributed by atoms with van der Waals surface area (Å²) in [4.78, 5) is 8.68. The van der Waals surface area contributed by atoms with E-state index in [0.717, 1.165) is 29.0 Å². The van der Waals surface area contributed by atoms with E-state index >= 15 is 0 Å². The summed E-state index contributed by atoms with van der Waals surface area (Å²) in [6, 6.07) is 10.4. The van der Waals surface area contributed by atoms with Gasteiger partial charge in [0.25, 0.3) is 0 Å².